The minimum Gasteiger partial charge on any atom is -0.390 e. The second kappa shape index (κ2) is 13.2. The summed E-state index contributed by atoms with van der Waals surface area (Å²) in [6, 6.07) is -2.74. The summed E-state index contributed by atoms with van der Waals surface area (Å²) < 4.78 is 0. The van der Waals surface area contributed by atoms with E-state index in [4.69, 9.17) is 0 Å². The molecule has 6 atom stereocenters. The van der Waals surface area contributed by atoms with E-state index in [2.05, 4.69) is 16.0 Å². The van der Waals surface area contributed by atoms with Crippen LogP contribution in [0.3, 0.4) is 0 Å². The minimum atomic E-state index is -2.29. The third-order valence-corrected chi connectivity index (χ3v) is 9.63. The minimum absolute atomic E-state index is 0.0363. The lowest BCUT2D eigenvalue weighted by atomic mass is 9.77. The van der Waals surface area contributed by atoms with E-state index < -0.39 is 146 Å². The van der Waals surface area contributed by atoms with Gasteiger partial charge in [-0.3, -0.25) is 14.4 Å². The fraction of sp³-hybridized carbons (Fsp3) is 0.889. The highest BCUT2D eigenvalue weighted by atomic mass is 16.4. The molecule has 0 radical (unpaired) electrons. The van der Waals surface area contributed by atoms with Crippen molar-refractivity contribution in [3.8, 4) is 0 Å². The van der Waals surface area contributed by atoms with Gasteiger partial charge in [0, 0.05) is 56.7 Å². The zero-order chi connectivity index (χ0) is 33.6. The van der Waals surface area contributed by atoms with Gasteiger partial charge in [-0.1, -0.05) is 0 Å². The molecule has 0 unspecified atom stereocenters. The Morgan fingerprint density at radius 3 is 0.756 bits per heavy atom. The van der Waals surface area contributed by atoms with E-state index in [1.807, 2.05) is 0 Å². The molecule has 0 aromatic heterocycles. The quantitative estimate of drug-likeness (QED) is 0.127. The van der Waals surface area contributed by atoms with Crippen LogP contribution < -0.4 is 16.0 Å². The maximum Gasteiger partial charge on any atom is 0.252 e. The Labute approximate surface area is 257 Å². The Morgan fingerprint density at radius 1 is 0.400 bits per heavy atom. The summed E-state index contributed by atoms with van der Waals surface area (Å²) in [5.41, 5.74) is -6.87. The van der Waals surface area contributed by atoms with Crippen molar-refractivity contribution >= 4 is 17.7 Å². The molecule has 0 spiro atoms. The Bertz CT molecular complexity index is 936. The van der Waals surface area contributed by atoms with Gasteiger partial charge in [-0.05, 0) is 19.3 Å². The molecule has 4 fully saturated rings. The first-order chi connectivity index (χ1) is 20.8. The second-order valence-electron chi connectivity index (χ2n) is 13.4. The van der Waals surface area contributed by atoms with Crippen molar-refractivity contribution in [3.63, 3.8) is 0 Å². The zero-order valence-corrected chi connectivity index (χ0v) is 24.4. The molecule has 4 aliphatic carbocycles. The van der Waals surface area contributed by atoms with E-state index >= 15 is 0 Å². The van der Waals surface area contributed by atoms with Gasteiger partial charge < -0.3 is 77.2 Å². The lowest BCUT2D eigenvalue weighted by Gasteiger charge is -2.43. The highest BCUT2D eigenvalue weighted by Crippen LogP contribution is 2.34. The molecule has 0 aromatic rings. The number of hydrogen-bond donors (Lipinski definition) is 15. The van der Waals surface area contributed by atoms with Crippen LogP contribution in [-0.2, 0) is 14.4 Å². The highest BCUT2D eigenvalue weighted by molar-refractivity contribution is 5.87. The van der Waals surface area contributed by atoms with Crippen molar-refractivity contribution in [1.29, 1.82) is 0 Å². The Morgan fingerprint density at radius 2 is 0.578 bits per heavy atom. The van der Waals surface area contributed by atoms with Crippen LogP contribution in [-0.4, -0.2) is 169 Å². The largest absolute Gasteiger partial charge is 0.390 e. The van der Waals surface area contributed by atoms with Gasteiger partial charge in [0.2, 0.25) is 0 Å². The van der Waals surface area contributed by atoms with Crippen LogP contribution >= 0.6 is 0 Å². The van der Waals surface area contributed by atoms with Gasteiger partial charge in [-0.15, -0.1) is 0 Å². The zero-order valence-electron chi connectivity index (χ0n) is 24.4. The van der Waals surface area contributed by atoms with Crippen molar-refractivity contribution < 1.29 is 75.7 Å². The van der Waals surface area contributed by atoms with Crippen molar-refractivity contribution in [2.24, 2.45) is 0 Å². The van der Waals surface area contributed by atoms with Crippen LogP contribution in [0.25, 0.3) is 0 Å². The van der Waals surface area contributed by atoms with Crippen LogP contribution in [0.4, 0.5) is 0 Å². The number of aliphatic hydroxyl groups is 12. The van der Waals surface area contributed by atoms with E-state index in [1.54, 1.807) is 0 Å². The molecule has 18 nitrogen and oxygen atoms in total. The molecule has 258 valence electrons. The molecular weight excluding hydrogens is 606 g/mol. The third kappa shape index (κ3) is 7.58. The number of carbonyl (C=O) groups excluding carboxylic acids is 3. The molecule has 0 heterocycles. The highest BCUT2D eigenvalue weighted by Gasteiger charge is 2.52. The fourth-order valence-electron chi connectivity index (χ4n) is 7.01. The monoisotopic (exact) mass is 651 g/mol. The number of amides is 3. The standard InChI is InChI=1S/C27H45N3O15/c31-13-4-25(43,5-14(32)19(13)37)22(40)28-10-1-11(29-23(41)26(44)6-15(33)20(38)16(34)7-26)3-12(2-10)30-24(42)27(45)8-17(35)21(39)18(36)9-27/h10-21,31-39,43-45H,1-9H2,(H,28,40)(H,29,41)(H,30,42)/t10?,11?,12?,13-,14-,15-,16-,17-,18-,19?,20?,21?,25?,26?,27?/m1/s1. The number of rotatable bonds is 6. The van der Waals surface area contributed by atoms with Gasteiger partial charge in [0.25, 0.3) is 17.7 Å². The Hall–Kier alpha value is -2.07. The van der Waals surface area contributed by atoms with Crippen LogP contribution in [0.2, 0.25) is 0 Å². The molecule has 0 aliphatic heterocycles. The summed E-state index contributed by atoms with van der Waals surface area (Å²) in [6.45, 7) is 0. The smallest absolute Gasteiger partial charge is 0.252 e. The lowest BCUT2D eigenvalue weighted by molar-refractivity contribution is -0.175. The van der Waals surface area contributed by atoms with Crippen molar-refractivity contribution in [2.45, 2.75) is 148 Å². The molecule has 4 rings (SSSR count). The summed E-state index contributed by atoms with van der Waals surface area (Å²) >= 11 is 0. The molecule has 3 amide bonds. The summed E-state index contributed by atoms with van der Waals surface area (Å²) in [7, 11) is 0. The maximum atomic E-state index is 13.2. The maximum absolute atomic E-state index is 13.2. The van der Waals surface area contributed by atoms with Gasteiger partial charge in [-0.2, -0.15) is 0 Å². The normalized spacial score (nSPS) is 49.1. The summed E-state index contributed by atoms with van der Waals surface area (Å²) in [5, 5.41) is 130. The van der Waals surface area contributed by atoms with Crippen LogP contribution in [0.1, 0.15) is 57.8 Å². The van der Waals surface area contributed by atoms with Gasteiger partial charge in [0.05, 0.1) is 36.6 Å². The van der Waals surface area contributed by atoms with Crippen LogP contribution in [0.15, 0.2) is 0 Å². The first-order valence-corrected chi connectivity index (χ1v) is 15.0. The first kappa shape index (κ1) is 35.8. The van der Waals surface area contributed by atoms with E-state index in [0.717, 1.165) is 0 Å². The third-order valence-electron chi connectivity index (χ3n) is 9.63. The second-order valence-corrected chi connectivity index (χ2v) is 13.4. The predicted molar refractivity (Wildman–Crippen MR) is 146 cm³/mol. The van der Waals surface area contributed by atoms with Gasteiger partial charge in [-0.25, -0.2) is 0 Å². The van der Waals surface area contributed by atoms with Crippen molar-refractivity contribution in [3.05, 3.63) is 0 Å². The predicted octanol–water partition coefficient (Wildman–Crippen LogP) is -7.55. The average Bonchev–Trinajstić information content (AvgIpc) is 2.93. The van der Waals surface area contributed by atoms with Gasteiger partial charge in [0.15, 0.2) is 0 Å². The Balaban J connectivity index is 1.50. The van der Waals surface area contributed by atoms with Gasteiger partial charge >= 0.3 is 0 Å². The van der Waals surface area contributed by atoms with Crippen molar-refractivity contribution in [1.82, 2.24) is 16.0 Å². The molecule has 4 aliphatic rings. The molecule has 0 bridgehead atoms. The van der Waals surface area contributed by atoms with Gasteiger partial charge in [0.1, 0.15) is 35.1 Å². The first-order valence-electron chi connectivity index (χ1n) is 15.0. The number of nitrogens with one attached hydrogen (secondary N) is 3. The molecule has 15 N–H and O–H groups in total. The van der Waals surface area contributed by atoms with E-state index in [0.29, 0.717) is 0 Å². The SMILES string of the molecule is O=C(NC1CC(NC(=O)C2(O)C[C@@H](O)C(O)[C@H](O)C2)CC(NC(=O)C2(O)C[C@@H](O)C(O)[C@H](O)C2)C1)C1(O)C[C@@H](O)C(O)[C@H](O)C1. The fourth-order valence-corrected chi connectivity index (χ4v) is 7.01. The number of aliphatic hydroxyl groups excluding tert-OH is 9. The van der Waals surface area contributed by atoms with E-state index in [9.17, 15) is 75.7 Å². The van der Waals surface area contributed by atoms with Crippen molar-refractivity contribution in [2.75, 3.05) is 0 Å². The van der Waals surface area contributed by atoms with Crippen LogP contribution in [0.5, 0.6) is 0 Å². The molecule has 45 heavy (non-hydrogen) atoms. The topological polar surface area (TPSA) is 330 Å². The summed E-state index contributed by atoms with van der Waals surface area (Å²) in [5.74, 6) is -3.06. The van der Waals surface area contributed by atoms with E-state index in [-0.39, 0.29) is 19.3 Å². The molecule has 0 saturated heterocycles. The molecular formula is C27H45N3O15. The molecule has 4 saturated carbocycles. The van der Waals surface area contributed by atoms with Crippen LogP contribution in [0, 0.1) is 0 Å². The van der Waals surface area contributed by atoms with E-state index in [1.165, 1.54) is 0 Å². The molecule has 18 heteroatoms. The average molecular weight is 652 g/mol. The summed E-state index contributed by atoms with van der Waals surface area (Å²) in [4.78, 5) is 39.5. The summed E-state index contributed by atoms with van der Waals surface area (Å²) in [6.07, 6.45) is -18.2. The number of hydrogen-bond acceptors (Lipinski definition) is 15. The Kier molecular flexibility index (Phi) is 10.5. The molecule has 0 aromatic carbocycles. The number of carbonyl (C=O) groups is 3. The lowest BCUT2D eigenvalue weighted by Crippen LogP contribution is -2.64.